The van der Waals surface area contributed by atoms with E-state index in [-0.39, 0.29) is 0 Å². The van der Waals surface area contributed by atoms with E-state index in [1.54, 1.807) is 0 Å². The van der Waals surface area contributed by atoms with Crippen LogP contribution in [0.3, 0.4) is 0 Å². The van der Waals surface area contributed by atoms with Crippen LogP contribution in [0.1, 0.15) is 47.0 Å². The maximum atomic E-state index is 3.79. The van der Waals surface area contributed by atoms with E-state index in [0.717, 1.165) is 11.1 Å². The van der Waals surface area contributed by atoms with Crippen molar-refractivity contribution in [2.75, 3.05) is 13.1 Å². The van der Waals surface area contributed by atoms with Crippen molar-refractivity contribution in [3.05, 3.63) is 0 Å². The number of piperazine rings is 1. The van der Waals surface area contributed by atoms with Crippen LogP contribution in [0.2, 0.25) is 0 Å². The number of nitrogens with zero attached hydrogens (tertiary/aromatic N) is 1. The number of quaternary nitrogens is 1. The lowest BCUT2D eigenvalue weighted by molar-refractivity contribution is -1.00. The van der Waals surface area contributed by atoms with E-state index in [1.165, 1.54) is 25.8 Å². The second-order valence-electron chi connectivity index (χ2n) is 5.87. The third-order valence-electron chi connectivity index (χ3n) is 4.48. The van der Waals surface area contributed by atoms with Gasteiger partial charge in [0.15, 0.2) is 6.17 Å². The van der Waals surface area contributed by atoms with E-state index >= 15 is 0 Å². The van der Waals surface area contributed by atoms with Gasteiger partial charge in [0, 0.05) is 6.54 Å². The summed E-state index contributed by atoms with van der Waals surface area (Å²) in [6, 6.07) is 1.19. The van der Waals surface area contributed by atoms with E-state index in [0.29, 0.717) is 24.4 Å². The Kier molecular flexibility index (Phi) is 4.08. The summed E-state index contributed by atoms with van der Waals surface area (Å²) < 4.78 is 1.06. The van der Waals surface area contributed by atoms with E-state index in [4.69, 9.17) is 0 Å². The van der Waals surface area contributed by atoms with Gasteiger partial charge in [0.2, 0.25) is 0 Å². The highest BCUT2D eigenvalue weighted by molar-refractivity contribution is 4.84. The minimum Gasteiger partial charge on any atom is -0.302 e. The highest BCUT2D eigenvalue weighted by Gasteiger charge is 2.53. The van der Waals surface area contributed by atoms with Gasteiger partial charge in [-0.1, -0.05) is 13.3 Å². The number of unbranched alkanes of at least 4 members (excludes halogenated alkanes) is 2. The summed E-state index contributed by atoms with van der Waals surface area (Å²) in [5, 5.41) is 7.32. The quantitative estimate of drug-likeness (QED) is 0.510. The summed E-state index contributed by atoms with van der Waals surface area (Å²) in [5.74, 6) is 0. The molecule has 4 nitrogen and oxygen atoms in total. The summed E-state index contributed by atoms with van der Waals surface area (Å²) in [6.07, 6.45) is 4.91. The monoisotopic (exact) mass is 241 g/mol. The molecule has 0 aromatic heterocycles. The summed E-state index contributed by atoms with van der Waals surface area (Å²) >= 11 is 0. The van der Waals surface area contributed by atoms with Crippen LogP contribution in [0.15, 0.2) is 0 Å². The lowest BCUT2D eigenvalue weighted by atomic mass is 10.1. The zero-order valence-corrected chi connectivity index (χ0v) is 11.8. The van der Waals surface area contributed by atoms with E-state index in [9.17, 15) is 0 Å². The molecule has 0 aromatic carbocycles. The summed E-state index contributed by atoms with van der Waals surface area (Å²) in [5.41, 5.74) is 3.79. The third-order valence-corrected chi connectivity index (χ3v) is 4.48. The molecule has 17 heavy (non-hydrogen) atoms. The van der Waals surface area contributed by atoms with Crippen molar-refractivity contribution >= 4 is 0 Å². The summed E-state index contributed by atoms with van der Waals surface area (Å²) in [7, 11) is 0. The van der Waals surface area contributed by atoms with E-state index < -0.39 is 0 Å². The van der Waals surface area contributed by atoms with Gasteiger partial charge in [0.05, 0.1) is 12.6 Å². The molecule has 2 aliphatic rings. The highest BCUT2D eigenvalue weighted by Crippen LogP contribution is 2.27. The Morgan fingerprint density at radius 3 is 2.65 bits per heavy atom. The average Bonchev–Trinajstić information content (AvgIpc) is 2.64. The molecular weight excluding hydrogens is 212 g/mol. The van der Waals surface area contributed by atoms with Gasteiger partial charge in [0.25, 0.3) is 0 Å². The van der Waals surface area contributed by atoms with Crippen molar-refractivity contribution in [1.82, 2.24) is 16.1 Å². The van der Waals surface area contributed by atoms with Crippen LogP contribution in [0.5, 0.6) is 0 Å². The lowest BCUT2D eigenvalue weighted by Crippen LogP contribution is -2.75. The van der Waals surface area contributed by atoms with Gasteiger partial charge in [-0.25, -0.2) is 9.91 Å². The van der Waals surface area contributed by atoms with Crippen molar-refractivity contribution in [2.24, 2.45) is 0 Å². The van der Waals surface area contributed by atoms with Crippen molar-refractivity contribution < 1.29 is 4.59 Å². The lowest BCUT2D eigenvalue weighted by Gasteiger charge is -2.48. The maximum absolute atomic E-state index is 3.79. The molecule has 0 radical (unpaired) electrons. The predicted octanol–water partition coefficient (Wildman–Crippen LogP) is 1.15. The number of rotatable bonds is 4. The zero-order valence-electron chi connectivity index (χ0n) is 11.8. The third kappa shape index (κ3) is 2.36. The van der Waals surface area contributed by atoms with Crippen LogP contribution in [0.4, 0.5) is 0 Å². The summed E-state index contributed by atoms with van der Waals surface area (Å²) in [6.45, 7) is 11.5. The molecule has 2 heterocycles. The Morgan fingerprint density at radius 2 is 1.94 bits per heavy atom. The van der Waals surface area contributed by atoms with Crippen molar-refractivity contribution in [2.45, 2.75) is 71.4 Å². The fraction of sp³-hybridized carbons (Fsp3) is 1.00. The first-order chi connectivity index (χ1) is 8.10. The standard InChI is InChI=1S/C13H29N4/c1-5-6-7-8-17-10(2)9-14-11(3)13(17)15-12(4)16-17/h10-16H,5-9H2,1-4H3/q+1. The number of hydrogen-bond acceptors (Lipinski definition) is 3. The molecule has 2 aliphatic heterocycles. The number of nitrogens with one attached hydrogen (secondary N) is 3. The molecule has 5 atom stereocenters. The Hall–Kier alpha value is -0.160. The van der Waals surface area contributed by atoms with Gasteiger partial charge in [-0.3, -0.25) is 0 Å². The fourth-order valence-electron chi connectivity index (χ4n) is 3.49. The van der Waals surface area contributed by atoms with Gasteiger partial charge in [-0.2, -0.15) is 0 Å². The van der Waals surface area contributed by atoms with E-state index in [1.807, 2.05) is 0 Å². The first-order valence-corrected chi connectivity index (χ1v) is 7.25. The molecule has 2 fully saturated rings. The van der Waals surface area contributed by atoms with Crippen molar-refractivity contribution in [1.29, 1.82) is 0 Å². The van der Waals surface area contributed by atoms with Crippen LogP contribution < -0.4 is 16.1 Å². The molecule has 3 N–H and O–H groups in total. The molecule has 100 valence electrons. The minimum atomic E-state index is 0.423. The van der Waals surface area contributed by atoms with Crippen LogP contribution in [-0.2, 0) is 0 Å². The minimum absolute atomic E-state index is 0.423. The topological polar surface area (TPSA) is 36.1 Å². The maximum Gasteiger partial charge on any atom is 0.177 e. The summed E-state index contributed by atoms with van der Waals surface area (Å²) in [4.78, 5) is 0. The Morgan fingerprint density at radius 1 is 1.18 bits per heavy atom. The smallest absolute Gasteiger partial charge is 0.177 e. The molecule has 5 unspecified atom stereocenters. The normalized spacial score (nSPS) is 45.9. The fourth-order valence-corrected chi connectivity index (χ4v) is 3.49. The van der Waals surface area contributed by atoms with Crippen LogP contribution in [0.25, 0.3) is 0 Å². The van der Waals surface area contributed by atoms with E-state index in [2.05, 4.69) is 43.8 Å². The largest absolute Gasteiger partial charge is 0.302 e. The Labute approximate surface area is 106 Å². The average molecular weight is 241 g/mol. The van der Waals surface area contributed by atoms with Gasteiger partial charge in [0.1, 0.15) is 12.2 Å². The molecule has 0 aliphatic carbocycles. The van der Waals surface area contributed by atoms with Gasteiger partial charge in [-0.15, -0.1) is 5.43 Å². The molecule has 2 rings (SSSR count). The molecule has 0 saturated carbocycles. The van der Waals surface area contributed by atoms with Gasteiger partial charge in [-0.05, 0) is 33.6 Å². The highest BCUT2D eigenvalue weighted by atomic mass is 15.8. The zero-order chi connectivity index (χ0) is 12.5. The Balaban J connectivity index is 2.11. The molecule has 0 aromatic rings. The number of fused-ring (bicyclic) bond motifs is 1. The molecule has 2 saturated heterocycles. The van der Waals surface area contributed by atoms with Crippen LogP contribution >= 0.6 is 0 Å². The molecule has 4 heteroatoms. The first-order valence-electron chi connectivity index (χ1n) is 7.25. The molecule has 0 amide bonds. The van der Waals surface area contributed by atoms with Crippen molar-refractivity contribution in [3.8, 4) is 0 Å². The SMILES string of the molecule is CCCCC[N+]12NC(C)NC1C(C)NCC2C. The van der Waals surface area contributed by atoms with Crippen LogP contribution in [0, 0.1) is 0 Å². The Bertz CT molecular complexity index is 258. The number of hydrogen-bond donors (Lipinski definition) is 3. The second kappa shape index (κ2) is 5.22. The van der Waals surface area contributed by atoms with Gasteiger partial charge < -0.3 is 5.32 Å². The van der Waals surface area contributed by atoms with Gasteiger partial charge >= 0.3 is 0 Å². The van der Waals surface area contributed by atoms with Crippen LogP contribution in [-0.4, -0.2) is 42.1 Å². The predicted molar refractivity (Wildman–Crippen MR) is 71.1 cm³/mol. The molecule has 0 spiro atoms. The van der Waals surface area contributed by atoms with Crippen molar-refractivity contribution in [3.63, 3.8) is 0 Å². The second-order valence-corrected chi connectivity index (χ2v) is 5.87. The first kappa shape index (κ1) is 13.3. The molecule has 0 bridgehead atoms. The molecular formula is C13H29N4+.